The second-order valence-electron chi connectivity index (χ2n) is 7.41. The number of hydrogen-bond donors (Lipinski definition) is 0. The molecular weight excluding hydrogens is 260 g/mol. The monoisotopic (exact) mass is 292 g/mol. The van der Waals surface area contributed by atoms with Gasteiger partial charge in [0.2, 0.25) is 0 Å². The van der Waals surface area contributed by atoms with E-state index < -0.39 is 0 Å². The molecule has 2 unspecified atom stereocenters. The molecule has 4 rings (SSSR count). The molecule has 0 spiro atoms. The molecule has 4 aliphatic rings. The van der Waals surface area contributed by atoms with Gasteiger partial charge in [-0.3, -0.25) is 9.80 Å². The maximum atomic E-state index is 2.79. The maximum absolute atomic E-state index is 2.79. The van der Waals surface area contributed by atoms with Crippen molar-refractivity contribution in [1.82, 2.24) is 19.8 Å². The van der Waals surface area contributed by atoms with E-state index in [1.54, 1.807) is 0 Å². The summed E-state index contributed by atoms with van der Waals surface area (Å²) in [6.07, 6.45) is 14.1. The van der Waals surface area contributed by atoms with Crippen LogP contribution in [0.1, 0.15) is 57.8 Å². The van der Waals surface area contributed by atoms with Crippen molar-refractivity contribution in [1.29, 1.82) is 0 Å². The molecule has 120 valence electrons. The van der Waals surface area contributed by atoms with Crippen LogP contribution in [0.4, 0.5) is 0 Å². The second kappa shape index (κ2) is 6.53. The van der Waals surface area contributed by atoms with Crippen molar-refractivity contribution in [3.8, 4) is 0 Å². The lowest BCUT2D eigenvalue weighted by Crippen LogP contribution is -2.58. The molecule has 4 aliphatic heterocycles. The van der Waals surface area contributed by atoms with Crippen molar-refractivity contribution in [3.63, 3.8) is 0 Å². The summed E-state index contributed by atoms with van der Waals surface area (Å²) >= 11 is 0. The Balaban J connectivity index is 1.45. The minimum atomic E-state index is 0.716. The summed E-state index contributed by atoms with van der Waals surface area (Å²) in [5.41, 5.74) is 0. The van der Waals surface area contributed by atoms with Gasteiger partial charge in [-0.15, -0.1) is 0 Å². The predicted octanol–water partition coefficient (Wildman–Crippen LogP) is 2.33. The first kappa shape index (κ1) is 14.4. The SMILES string of the molecule is C1CCN(C2CCCN2N2CCCC2N2CCCC2)CC1. The minimum Gasteiger partial charge on any atom is -0.287 e. The van der Waals surface area contributed by atoms with Crippen LogP contribution in [0.3, 0.4) is 0 Å². The van der Waals surface area contributed by atoms with E-state index in [1.165, 1.54) is 97.1 Å². The Morgan fingerprint density at radius 1 is 0.429 bits per heavy atom. The van der Waals surface area contributed by atoms with E-state index in [-0.39, 0.29) is 0 Å². The fourth-order valence-electron chi connectivity index (χ4n) is 5.07. The molecule has 0 aromatic carbocycles. The minimum absolute atomic E-state index is 0.716. The fourth-order valence-corrected chi connectivity index (χ4v) is 5.07. The Hall–Kier alpha value is -0.160. The van der Waals surface area contributed by atoms with Crippen molar-refractivity contribution in [2.75, 3.05) is 39.3 Å². The first-order valence-electron chi connectivity index (χ1n) is 9.45. The smallest absolute Gasteiger partial charge is 0.0761 e. The summed E-state index contributed by atoms with van der Waals surface area (Å²) in [5, 5.41) is 5.55. The van der Waals surface area contributed by atoms with Gasteiger partial charge >= 0.3 is 0 Å². The zero-order valence-electron chi connectivity index (χ0n) is 13.6. The van der Waals surface area contributed by atoms with E-state index in [9.17, 15) is 0 Å². The van der Waals surface area contributed by atoms with Crippen molar-refractivity contribution in [3.05, 3.63) is 0 Å². The van der Waals surface area contributed by atoms with E-state index in [2.05, 4.69) is 19.8 Å². The summed E-state index contributed by atoms with van der Waals surface area (Å²) in [6.45, 7) is 7.94. The highest BCUT2D eigenvalue weighted by molar-refractivity contribution is 4.87. The molecule has 0 aromatic heterocycles. The van der Waals surface area contributed by atoms with Gasteiger partial charge in [-0.1, -0.05) is 6.42 Å². The normalized spacial score (nSPS) is 37.7. The Morgan fingerprint density at radius 3 is 1.33 bits per heavy atom. The highest BCUT2D eigenvalue weighted by Crippen LogP contribution is 2.32. The van der Waals surface area contributed by atoms with E-state index in [1.807, 2.05) is 0 Å². The third kappa shape index (κ3) is 2.88. The highest BCUT2D eigenvalue weighted by atomic mass is 15.7. The number of likely N-dealkylation sites (tertiary alicyclic amines) is 2. The average molecular weight is 292 g/mol. The lowest BCUT2D eigenvalue weighted by Gasteiger charge is -2.45. The van der Waals surface area contributed by atoms with Gasteiger partial charge in [0.1, 0.15) is 0 Å². The first-order chi connectivity index (χ1) is 10.4. The Kier molecular flexibility index (Phi) is 4.49. The van der Waals surface area contributed by atoms with Crippen molar-refractivity contribution < 1.29 is 0 Å². The quantitative estimate of drug-likeness (QED) is 0.791. The molecule has 0 N–H and O–H groups in total. The largest absolute Gasteiger partial charge is 0.287 e. The summed E-state index contributed by atoms with van der Waals surface area (Å²) in [4.78, 5) is 5.55. The Bertz CT molecular complexity index is 336. The van der Waals surface area contributed by atoms with Gasteiger partial charge in [0.25, 0.3) is 0 Å². The summed E-state index contributed by atoms with van der Waals surface area (Å²) < 4.78 is 0. The molecule has 0 saturated carbocycles. The third-order valence-corrected chi connectivity index (χ3v) is 6.09. The zero-order valence-corrected chi connectivity index (χ0v) is 13.6. The van der Waals surface area contributed by atoms with Gasteiger partial charge in [-0.2, -0.15) is 0 Å². The van der Waals surface area contributed by atoms with Crippen LogP contribution in [0, 0.1) is 0 Å². The number of hydrazine groups is 1. The molecule has 0 radical (unpaired) electrons. The van der Waals surface area contributed by atoms with E-state index in [0.29, 0.717) is 6.17 Å². The lowest BCUT2D eigenvalue weighted by atomic mass is 10.1. The molecule has 4 heterocycles. The molecule has 0 amide bonds. The molecule has 0 aromatic rings. The molecule has 21 heavy (non-hydrogen) atoms. The van der Waals surface area contributed by atoms with Crippen LogP contribution in [-0.4, -0.2) is 71.4 Å². The van der Waals surface area contributed by atoms with Gasteiger partial charge < -0.3 is 0 Å². The van der Waals surface area contributed by atoms with Crippen LogP contribution in [0.5, 0.6) is 0 Å². The molecule has 4 saturated heterocycles. The standard InChI is InChI=1S/C17H32N4/c1-2-10-18(11-3-1)16-8-6-14-20(16)21-15-7-9-17(21)19-12-4-5-13-19/h16-17H,1-15H2. The summed E-state index contributed by atoms with van der Waals surface area (Å²) in [7, 11) is 0. The van der Waals surface area contributed by atoms with Crippen LogP contribution in [-0.2, 0) is 0 Å². The summed E-state index contributed by atoms with van der Waals surface area (Å²) in [5.74, 6) is 0. The van der Waals surface area contributed by atoms with Crippen molar-refractivity contribution in [2.45, 2.75) is 70.1 Å². The number of nitrogens with zero attached hydrogens (tertiary/aromatic N) is 4. The van der Waals surface area contributed by atoms with Crippen LogP contribution in [0.25, 0.3) is 0 Å². The van der Waals surface area contributed by atoms with Crippen molar-refractivity contribution >= 4 is 0 Å². The van der Waals surface area contributed by atoms with E-state index in [0.717, 1.165) is 6.17 Å². The Labute approximate surface area is 130 Å². The predicted molar refractivity (Wildman–Crippen MR) is 85.7 cm³/mol. The fraction of sp³-hybridized carbons (Fsp3) is 1.00. The molecule has 4 fully saturated rings. The van der Waals surface area contributed by atoms with Crippen LogP contribution < -0.4 is 0 Å². The molecule has 0 bridgehead atoms. The van der Waals surface area contributed by atoms with Gasteiger partial charge in [-0.25, -0.2) is 10.0 Å². The maximum Gasteiger partial charge on any atom is 0.0761 e. The Morgan fingerprint density at radius 2 is 0.857 bits per heavy atom. The van der Waals surface area contributed by atoms with Gasteiger partial charge in [0.05, 0.1) is 12.3 Å². The lowest BCUT2D eigenvalue weighted by molar-refractivity contribution is -0.130. The molecule has 4 heteroatoms. The van der Waals surface area contributed by atoms with Crippen LogP contribution in [0.2, 0.25) is 0 Å². The van der Waals surface area contributed by atoms with Crippen molar-refractivity contribution in [2.24, 2.45) is 0 Å². The molecular formula is C17H32N4. The average Bonchev–Trinajstić information content (AvgIpc) is 3.27. The third-order valence-electron chi connectivity index (χ3n) is 6.09. The summed E-state index contributed by atoms with van der Waals surface area (Å²) in [6, 6.07) is 0. The van der Waals surface area contributed by atoms with Crippen LogP contribution >= 0.6 is 0 Å². The second-order valence-corrected chi connectivity index (χ2v) is 7.41. The van der Waals surface area contributed by atoms with Gasteiger partial charge in [0.15, 0.2) is 0 Å². The number of hydrogen-bond acceptors (Lipinski definition) is 4. The van der Waals surface area contributed by atoms with E-state index >= 15 is 0 Å². The van der Waals surface area contributed by atoms with Crippen LogP contribution in [0.15, 0.2) is 0 Å². The molecule has 0 aliphatic carbocycles. The molecule has 2 atom stereocenters. The van der Waals surface area contributed by atoms with Gasteiger partial charge in [-0.05, 0) is 77.5 Å². The first-order valence-corrected chi connectivity index (χ1v) is 9.45. The number of rotatable bonds is 3. The molecule has 4 nitrogen and oxygen atoms in total. The topological polar surface area (TPSA) is 13.0 Å². The zero-order chi connectivity index (χ0) is 14.1. The number of piperidine rings is 1. The van der Waals surface area contributed by atoms with Gasteiger partial charge in [0, 0.05) is 13.1 Å². The highest BCUT2D eigenvalue weighted by Gasteiger charge is 2.41. The van der Waals surface area contributed by atoms with E-state index in [4.69, 9.17) is 0 Å².